The summed E-state index contributed by atoms with van der Waals surface area (Å²) in [6.45, 7) is 3.94. The zero-order valence-electron chi connectivity index (χ0n) is 19.8. The van der Waals surface area contributed by atoms with Crippen LogP contribution in [0.1, 0.15) is 52.8 Å². The lowest BCUT2D eigenvalue weighted by Crippen LogP contribution is -2.69. The monoisotopic (exact) mass is 470 g/mol. The van der Waals surface area contributed by atoms with E-state index in [1.54, 1.807) is 5.31 Å². The predicted octanol–water partition coefficient (Wildman–Crippen LogP) is 0.489. The van der Waals surface area contributed by atoms with Gasteiger partial charge in [0.1, 0.15) is 13.3 Å². The number of halogens is 1. The fourth-order valence-electron chi connectivity index (χ4n) is 6.19. The first-order valence-electron chi connectivity index (χ1n) is 12.5. The Labute approximate surface area is 198 Å². The Morgan fingerprint density at radius 1 is 1.00 bits per heavy atom. The van der Waals surface area contributed by atoms with Gasteiger partial charge in [0.25, 0.3) is 11.8 Å². The third kappa shape index (κ3) is 3.42. The molecular formula is C24H28FN5O4. The smallest absolute Gasteiger partial charge is 0.262 e. The molecule has 0 radical (unpaired) electrons. The van der Waals surface area contributed by atoms with Crippen molar-refractivity contribution in [2.24, 2.45) is 5.92 Å². The average molecular weight is 471 g/mol. The number of rotatable bonds is 4. The third-order valence-electron chi connectivity index (χ3n) is 8.05. The number of piperidine rings is 3. The highest BCUT2D eigenvalue weighted by Gasteiger charge is 2.48. The molecule has 3 atom stereocenters. The molecule has 4 amide bonds. The highest BCUT2D eigenvalue weighted by molar-refractivity contribution is 6.23. The van der Waals surface area contributed by atoms with Crippen LogP contribution in [0.3, 0.4) is 0 Å². The summed E-state index contributed by atoms with van der Waals surface area (Å²) >= 11 is 0. The van der Waals surface area contributed by atoms with Crippen LogP contribution in [0.4, 0.5) is 10.1 Å². The molecule has 0 aliphatic carbocycles. The zero-order chi connectivity index (χ0) is 24.4. The van der Waals surface area contributed by atoms with Gasteiger partial charge in [-0.05, 0) is 56.8 Å². The highest BCUT2D eigenvalue weighted by atomic mass is 19.1. The maximum absolute atomic E-state index is 15.2. The molecule has 0 saturated carbocycles. The molecule has 180 valence electrons. The zero-order valence-corrected chi connectivity index (χ0v) is 18.8. The summed E-state index contributed by atoms with van der Waals surface area (Å²) in [7, 11) is 0. The number of fused-ring (bicyclic) bond motifs is 3. The topological polar surface area (TPSA) is 102 Å². The van der Waals surface area contributed by atoms with Crippen LogP contribution in [0.2, 0.25) is 1.41 Å². The van der Waals surface area contributed by atoms with Gasteiger partial charge >= 0.3 is 0 Å². The van der Waals surface area contributed by atoms with Crippen molar-refractivity contribution in [1.82, 2.24) is 20.4 Å². The minimum Gasteiger partial charge on any atom is -0.366 e. The lowest BCUT2D eigenvalue weighted by atomic mass is 9.84. The van der Waals surface area contributed by atoms with Crippen molar-refractivity contribution in [2.45, 2.75) is 50.2 Å². The molecule has 6 heterocycles. The van der Waals surface area contributed by atoms with Crippen molar-refractivity contribution in [3.63, 3.8) is 0 Å². The number of nitrogens with one attached hydrogen (secondary N) is 2. The SMILES string of the molecule is [2H]N1CCC(CN2C3CC2CN(c2cc4c(cc2F)C(=O)N(C2CCC(=O)NC2=O)C4=O)C3)CC1. The van der Waals surface area contributed by atoms with E-state index in [9.17, 15) is 19.2 Å². The molecule has 0 spiro atoms. The van der Waals surface area contributed by atoms with Crippen LogP contribution in [0.25, 0.3) is 0 Å². The van der Waals surface area contributed by atoms with Gasteiger partial charge in [-0.3, -0.25) is 34.3 Å². The molecule has 3 unspecified atom stereocenters. The van der Waals surface area contributed by atoms with Gasteiger partial charge in [-0.15, -0.1) is 0 Å². The van der Waals surface area contributed by atoms with E-state index in [0.29, 0.717) is 36.8 Å². The van der Waals surface area contributed by atoms with E-state index in [1.165, 1.54) is 6.07 Å². The van der Waals surface area contributed by atoms with E-state index in [0.717, 1.165) is 49.9 Å². The summed E-state index contributed by atoms with van der Waals surface area (Å²) in [6, 6.07) is 2.16. The third-order valence-corrected chi connectivity index (χ3v) is 8.05. The summed E-state index contributed by atoms with van der Waals surface area (Å²) in [5, 5.41) is 3.80. The van der Waals surface area contributed by atoms with Crippen molar-refractivity contribution in [3.05, 3.63) is 29.1 Å². The van der Waals surface area contributed by atoms with Crippen LogP contribution >= 0.6 is 0 Å². The Bertz CT molecular complexity index is 1110. The second-order valence-electron chi connectivity index (χ2n) is 10.1. The summed E-state index contributed by atoms with van der Waals surface area (Å²) in [6.07, 6.45) is 3.24. The van der Waals surface area contributed by atoms with Crippen LogP contribution in [-0.2, 0) is 9.59 Å². The Hall–Kier alpha value is -2.85. The quantitative estimate of drug-likeness (QED) is 0.618. The lowest BCUT2D eigenvalue weighted by Gasteiger charge is -2.58. The molecule has 0 aromatic heterocycles. The number of benzene rings is 1. The lowest BCUT2D eigenvalue weighted by molar-refractivity contribution is -0.136. The standard InChI is InChI=1S/C24H28FN5O4/c25-18-8-16-17(24(34)30(23(16)33)19-1-2-21(31)27-22(19)32)9-20(18)28-11-14-7-15(12-28)29(14)10-13-3-5-26-6-4-13/h8-9,13-15,19,26H,1-7,10-12H2,(H,27,31,32)/i/hD. The molecule has 5 saturated heterocycles. The average Bonchev–Trinajstić information content (AvgIpc) is 3.07. The molecule has 1 aromatic rings. The van der Waals surface area contributed by atoms with Crippen LogP contribution in [0.5, 0.6) is 0 Å². The second-order valence-corrected chi connectivity index (χ2v) is 10.1. The van der Waals surface area contributed by atoms with Crippen LogP contribution in [-0.4, -0.2) is 84.3 Å². The number of anilines is 1. The first kappa shape index (κ1) is 20.5. The number of carbonyl (C=O) groups is 4. The van der Waals surface area contributed by atoms with Gasteiger partial charge < -0.3 is 10.2 Å². The van der Waals surface area contributed by atoms with E-state index >= 15 is 4.39 Å². The molecule has 2 N–H and O–H groups in total. The predicted molar refractivity (Wildman–Crippen MR) is 120 cm³/mol. The summed E-state index contributed by atoms with van der Waals surface area (Å²) < 4.78 is 22.9. The Balaban J connectivity index is 1.17. The number of hydrogen-bond acceptors (Lipinski definition) is 7. The maximum atomic E-state index is 15.2. The van der Waals surface area contributed by atoms with E-state index in [1.807, 2.05) is 4.90 Å². The minimum atomic E-state index is -1.07. The Morgan fingerprint density at radius 2 is 1.68 bits per heavy atom. The van der Waals surface area contributed by atoms with Gasteiger partial charge in [0, 0.05) is 38.1 Å². The fraction of sp³-hybridized carbons (Fsp3) is 0.583. The molecule has 5 fully saturated rings. The number of carbonyl (C=O) groups excluding carboxylic acids is 4. The molecular weight excluding hydrogens is 441 g/mol. The highest BCUT2D eigenvalue weighted by Crippen LogP contribution is 2.39. The summed E-state index contributed by atoms with van der Waals surface area (Å²) in [5.41, 5.74) is 0.381. The van der Waals surface area contributed by atoms with Gasteiger partial charge in [0.05, 0.1) is 16.8 Å². The van der Waals surface area contributed by atoms with Crippen molar-refractivity contribution in [1.29, 1.82) is 0 Å². The van der Waals surface area contributed by atoms with E-state index < -0.39 is 35.5 Å². The maximum Gasteiger partial charge on any atom is 0.262 e. The van der Waals surface area contributed by atoms with Crippen LogP contribution < -0.4 is 15.5 Å². The van der Waals surface area contributed by atoms with Gasteiger partial charge in [-0.25, -0.2) is 4.39 Å². The van der Waals surface area contributed by atoms with Gasteiger partial charge in [0.2, 0.25) is 11.8 Å². The Morgan fingerprint density at radius 3 is 2.35 bits per heavy atom. The second kappa shape index (κ2) is 8.13. The molecule has 7 rings (SSSR count). The van der Waals surface area contributed by atoms with Gasteiger partial charge in [-0.2, -0.15) is 0 Å². The van der Waals surface area contributed by atoms with E-state index in [2.05, 4.69) is 10.2 Å². The van der Waals surface area contributed by atoms with Crippen LogP contribution in [0, 0.1) is 11.7 Å². The molecule has 1 aromatic carbocycles. The minimum absolute atomic E-state index is 0.0366. The van der Waals surface area contributed by atoms with Crippen molar-refractivity contribution >= 4 is 29.3 Å². The van der Waals surface area contributed by atoms with Crippen molar-refractivity contribution < 1.29 is 25.0 Å². The largest absolute Gasteiger partial charge is 0.366 e. The Kier molecular flexibility index (Phi) is 4.90. The van der Waals surface area contributed by atoms with Gasteiger partial charge in [-0.1, -0.05) is 0 Å². The van der Waals surface area contributed by atoms with Crippen LogP contribution in [0.15, 0.2) is 12.1 Å². The normalized spacial score (nSPS) is 30.9. The van der Waals surface area contributed by atoms with E-state index in [-0.39, 0.29) is 24.0 Å². The summed E-state index contributed by atoms with van der Waals surface area (Å²) in [4.78, 5) is 55.1. The number of hydrogen-bond donors (Lipinski definition) is 2. The fourth-order valence-corrected chi connectivity index (χ4v) is 6.19. The first-order valence-corrected chi connectivity index (χ1v) is 12.1. The molecule has 2 bridgehead atoms. The first-order chi connectivity index (χ1) is 16.8. The van der Waals surface area contributed by atoms with Gasteiger partial charge in [0.15, 0.2) is 0 Å². The number of imide groups is 2. The number of amides is 4. The molecule has 9 nitrogen and oxygen atoms in total. The molecule has 10 heteroatoms. The van der Waals surface area contributed by atoms with E-state index in [4.69, 9.17) is 1.41 Å². The summed E-state index contributed by atoms with van der Waals surface area (Å²) in [5.74, 6) is -2.39. The molecule has 6 aliphatic heterocycles. The molecule has 34 heavy (non-hydrogen) atoms. The number of nitrogens with zero attached hydrogens (tertiary/aromatic N) is 3. The molecule has 6 aliphatic rings. The van der Waals surface area contributed by atoms with Crippen molar-refractivity contribution in [2.75, 3.05) is 37.6 Å². The van der Waals surface area contributed by atoms with Crippen molar-refractivity contribution in [3.8, 4) is 0 Å². The number of piperazine rings is 1.